The average Bonchev–Trinajstić information content (AvgIpc) is 2.80. The predicted octanol–water partition coefficient (Wildman–Crippen LogP) is 2.92. The van der Waals surface area contributed by atoms with Crippen LogP contribution < -0.4 is 20.5 Å². The highest BCUT2D eigenvalue weighted by Gasteiger charge is 2.10. The highest BCUT2D eigenvalue weighted by molar-refractivity contribution is 14.0. The zero-order valence-corrected chi connectivity index (χ0v) is 16.9. The Morgan fingerprint density at radius 2 is 1.92 bits per heavy atom. The van der Waals surface area contributed by atoms with Crippen molar-refractivity contribution in [2.45, 2.75) is 26.7 Å². The van der Waals surface area contributed by atoms with Gasteiger partial charge in [-0.15, -0.1) is 24.0 Å². The molecule has 1 aromatic carbocycles. The van der Waals surface area contributed by atoms with E-state index in [1.165, 1.54) is 0 Å². The van der Waals surface area contributed by atoms with Crippen molar-refractivity contribution in [3.63, 3.8) is 0 Å². The summed E-state index contributed by atoms with van der Waals surface area (Å²) >= 11 is 0. The van der Waals surface area contributed by atoms with Crippen LogP contribution in [0.25, 0.3) is 0 Å². The van der Waals surface area contributed by atoms with Gasteiger partial charge >= 0.3 is 0 Å². The standard InChI is InChI=1S/C17H28N4O2.HI/c1-3-21(4-2)10-5-9-19-17(18)20-14-7-8-15-16(13-14)23-12-6-11-22-15;/h7-8,13H,3-6,9-12H2,1-2H3,(H3,18,19,20);1H. The monoisotopic (exact) mass is 448 g/mol. The van der Waals surface area contributed by atoms with Crippen LogP contribution >= 0.6 is 24.0 Å². The first-order valence-corrected chi connectivity index (χ1v) is 8.42. The topological polar surface area (TPSA) is 72.1 Å². The van der Waals surface area contributed by atoms with Gasteiger partial charge in [0, 0.05) is 24.7 Å². The molecule has 0 amide bonds. The van der Waals surface area contributed by atoms with Gasteiger partial charge in [-0.1, -0.05) is 13.8 Å². The van der Waals surface area contributed by atoms with Gasteiger partial charge in [-0.05, 0) is 38.2 Å². The fraction of sp³-hybridized carbons (Fsp3) is 0.588. The number of nitrogens with two attached hydrogens (primary N) is 1. The second kappa shape index (κ2) is 11.4. The molecule has 0 aromatic heterocycles. The first kappa shape index (κ1) is 20.8. The van der Waals surface area contributed by atoms with E-state index in [0.717, 1.165) is 56.2 Å². The lowest BCUT2D eigenvalue weighted by Crippen LogP contribution is -2.26. The minimum Gasteiger partial charge on any atom is -0.490 e. The van der Waals surface area contributed by atoms with Crippen molar-refractivity contribution < 1.29 is 9.47 Å². The smallest absolute Gasteiger partial charge is 0.193 e. The van der Waals surface area contributed by atoms with E-state index in [2.05, 4.69) is 29.1 Å². The maximum Gasteiger partial charge on any atom is 0.193 e. The van der Waals surface area contributed by atoms with Crippen LogP contribution in [-0.2, 0) is 0 Å². The van der Waals surface area contributed by atoms with Gasteiger partial charge in [0.25, 0.3) is 0 Å². The number of guanidine groups is 1. The third-order valence-corrected chi connectivity index (χ3v) is 3.83. The van der Waals surface area contributed by atoms with Crippen LogP contribution in [0.1, 0.15) is 26.7 Å². The van der Waals surface area contributed by atoms with Crippen LogP contribution in [-0.4, -0.2) is 50.3 Å². The quantitative estimate of drug-likeness (QED) is 0.291. The number of rotatable bonds is 7. The van der Waals surface area contributed by atoms with E-state index in [9.17, 15) is 0 Å². The van der Waals surface area contributed by atoms with Crippen LogP contribution in [0.3, 0.4) is 0 Å². The van der Waals surface area contributed by atoms with Crippen molar-refractivity contribution in [1.82, 2.24) is 4.90 Å². The Balaban J connectivity index is 0.00000288. The van der Waals surface area contributed by atoms with Crippen LogP contribution in [0.15, 0.2) is 23.2 Å². The van der Waals surface area contributed by atoms with E-state index in [1.54, 1.807) is 0 Å². The van der Waals surface area contributed by atoms with Crippen LogP contribution in [0.5, 0.6) is 11.5 Å². The Kier molecular flexibility index (Phi) is 9.85. The summed E-state index contributed by atoms with van der Waals surface area (Å²) in [5.41, 5.74) is 6.81. The van der Waals surface area contributed by atoms with E-state index < -0.39 is 0 Å². The van der Waals surface area contributed by atoms with E-state index in [1.807, 2.05) is 18.2 Å². The number of fused-ring (bicyclic) bond motifs is 1. The maximum atomic E-state index is 5.95. The molecule has 3 N–H and O–H groups in total. The third kappa shape index (κ3) is 6.72. The van der Waals surface area contributed by atoms with Crippen LogP contribution in [0, 0.1) is 0 Å². The third-order valence-electron chi connectivity index (χ3n) is 3.83. The summed E-state index contributed by atoms with van der Waals surface area (Å²) in [6, 6.07) is 5.72. The minimum atomic E-state index is 0. The van der Waals surface area contributed by atoms with E-state index in [4.69, 9.17) is 15.2 Å². The van der Waals surface area contributed by atoms with Gasteiger partial charge in [0.1, 0.15) is 0 Å². The lowest BCUT2D eigenvalue weighted by Gasteiger charge is -2.16. The second-order valence-electron chi connectivity index (χ2n) is 5.48. The number of ether oxygens (including phenoxy) is 2. The SMILES string of the molecule is CCN(CC)CCCN=C(N)Nc1ccc2c(c1)OCCCO2.I. The fourth-order valence-electron chi connectivity index (χ4n) is 2.46. The number of nitrogens with zero attached hydrogens (tertiary/aromatic N) is 2. The molecule has 1 aromatic rings. The highest BCUT2D eigenvalue weighted by Crippen LogP contribution is 2.32. The number of aliphatic imine (C=N–C) groups is 1. The Morgan fingerprint density at radius 3 is 2.62 bits per heavy atom. The Morgan fingerprint density at radius 1 is 1.21 bits per heavy atom. The molecule has 1 aliphatic rings. The summed E-state index contributed by atoms with van der Waals surface area (Å²) in [5.74, 6) is 1.96. The molecular formula is C17H29IN4O2. The van der Waals surface area contributed by atoms with Gasteiger partial charge in [0.15, 0.2) is 17.5 Å². The molecule has 7 heteroatoms. The van der Waals surface area contributed by atoms with Crippen molar-refractivity contribution in [3.8, 4) is 11.5 Å². The molecule has 0 saturated heterocycles. The number of anilines is 1. The van der Waals surface area contributed by atoms with Crippen molar-refractivity contribution in [3.05, 3.63) is 18.2 Å². The van der Waals surface area contributed by atoms with Gasteiger partial charge in [0.05, 0.1) is 13.2 Å². The van der Waals surface area contributed by atoms with Crippen molar-refractivity contribution in [2.24, 2.45) is 10.7 Å². The van der Waals surface area contributed by atoms with Gasteiger partial charge in [-0.25, -0.2) is 0 Å². The molecule has 0 bridgehead atoms. The molecule has 0 radical (unpaired) electrons. The Hall–Kier alpha value is -1.22. The van der Waals surface area contributed by atoms with E-state index >= 15 is 0 Å². The van der Waals surface area contributed by atoms with Crippen molar-refractivity contribution in [1.29, 1.82) is 0 Å². The molecule has 1 aliphatic heterocycles. The summed E-state index contributed by atoms with van der Waals surface area (Å²) < 4.78 is 11.3. The molecule has 1 heterocycles. The zero-order chi connectivity index (χ0) is 16.5. The second-order valence-corrected chi connectivity index (χ2v) is 5.48. The summed E-state index contributed by atoms with van der Waals surface area (Å²) in [5, 5.41) is 3.11. The predicted molar refractivity (Wildman–Crippen MR) is 110 cm³/mol. The molecular weight excluding hydrogens is 419 g/mol. The van der Waals surface area contributed by atoms with Crippen LogP contribution in [0.2, 0.25) is 0 Å². The molecule has 0 fully saturated rings. The largest absolute Gasteiger partial charge is 0.490 e. The molecule has 136 valence electrons. The Bertz CT molecular complexity index is 521. The summed E-state index contributed by atoms with van der Waals surface area (Å²) in [6.07, 6.45) is 1.90. The molecule has 0 atom stereocenters. The Labute approximate surface area is 161 Å². The normalized spacial score (nSPS) is 14.0. The first-order chi connectivity index (χ1) is 11.2. The van der Waals surface area contributed by atoms with Gasteiger partial charge in [0.2, 0.25) is 0 Å². The molecule has 0 unspecified atom stereocenters. The maximum absolute atomic E-state index is 5.95. The number of hydrogen-bond acceptors (Lipinski definition) is 4. The number of hydrogen-bond donors (Lipinski definition) is 2. The molecule has 24 heavy (non-hydrogen) atoms. The minimum absolute atomic E-state index is 0. The van der Waals surface area contributed by atoms with Crippen LogP contribution in [0.4, 0.5) is 5.69 Å². The number of nitrogens with one attached hydrogen (secondary N) is 1. The van der Waals surface area contributed by atoms with E-state index in [-0.39, 0.29) is 24.0 Å². The average molecular weight is 448 g/mol. The molecule has 6 nitrogen and oxygen atoms in total. The fourth-order valence-corrected chi connectivity index (χ4v) is 2.46. The van der Waals surface area contributed by atoms with Crippen molar-refractivity contribution in [2.75, 3.05) is 44.7 Å². The van der Waals surface area contributed by atoms with Gasteiger partial charge in [-0.3, -0.25) is 4.99 Å². The van der Waals surface area contributed by atoms with Crippen molar-refractivity contribution >= 4 is 35.6 Å². The lowest BCUT2D eigenvalue weighted by molar-refractivity contribution is 0.297. The number of benzene rings is 1. The summed E-state index contributed by atoms with van der Waals surface area (Å²) in [7, 11) is 0. The summed E-state index contributed by atoms with van der Waals surface area (Å²) in [4.78, 5) is 6.75. The highest BCUT2D eigenvalue weighted by atomic mass is 127. The van der Waals surface area contributed by atoms with Gasteiger partial charge < -0.3 is 25.4 Å². The number of halogens is 1. The molecule has 0 spiro atoms. The molecule has 2 rings (SSSR count). The molecule has 0 saturated carbocycles. The van der Waals surface area contributed by atoms with Gasteiger partial charge in [-0.2, -0.15) is 0 Å². The lowest BCUT2D eigenvalue weighted by atomic mass is 10.3. The molecule has 0 aliphatic carbocycles. The first-order valence-electron chi connectivity index (χ1n) is 8.42. The summed E-state index contributed by atoms with van der Waals surface area (Å²) in [6.45, 7) is 9.63. The van der Waals surface area contributed by atoms with E-state index in [0.29, 0.717) is 19.2 Å². The zero-order valence-electron chi connectivity index (χ0n) is 14.6.